The number of benzene rings is 1. The van der Waals surface area contributed by atoms with Gasteiger partial charge in [0.1, 0.15) is 5.82 Å². The van der Waals surface area contributed by atoms with Crippen LogP contribution in [0.4, 0.5) is 4.39 Å². The molecular formula is C14H16FN5OS. The van der Waals surface area contributed by atoms with Crippen LogP contribution in [0.5, 0.6) is 0 Å². The Balaban J connectivity index is 1.39. The van der Waals surface area contributed by atoms with E-state index in [1.165, 1.54) is 23.9 Å². The predicted molar refractivity (Wildman–Crippen MR) is 79.9 cm³/mol. The van der Waals surface area contributed by atoms with Gasteiger partial charge in [0.05, 0.1) is 11.8 Å². The fourth-order valence-electron chi connectivity index (χ4n) is 2.01. The van der Waals surface area contributed by atoms with Gasteiger partial charge in [0.25, 0.3) is 0 Å². The Morgan fingerprint density at radius 2 is 2.14 bits per heavy atom. The number of thioether (sulfide) groups is 1. The molecular weight excluding hydrogens is 305 g/mol. The van der Waals surface area contributed by atoms with E-state index in [-0.39, 0.29) is 17.5 Å². The summed E-state index contributed by atoms with van der Waals surface area (Å²) >= 11 is 1.34. The van der Waals surface area contributed by atoms with Crippen molar-refractivity contribution in [3.63, 3.8) is 0 Å². The van der Waals surface area contributed by atoms with Gasteiger partial charge < -0.3 is 5.32 Å². The van der Waals surface area contributed by atoms with Crippen LogP contribution in [0.3, 0.4) is 0 Å². The van der Waals surface area contributed by atoms with Gasteiger partial charge in [-0.05, 0) is 47.4 Å². The Kier molecular flexibility index (Phi) is 4.67. The van der Waals surface area contributed by atoms with Crippen LogP contribution in [0.15, 0.2) is 29.4 Å². The third-order valence-electron chi connectivity index (χ3n) is 3.34. The van der Waals surface area contributed by atoms with E-state index >= 15 is 0 Å². The SMILES string of the molecule is O=C(CSc1nnnn1C1CC1)NCCc1ccc(F)cc1. The van der Waals surface area contributed by atoms with Gasteiger partial charge in [0, 0.05) is 6.54 Å². The number of halogens is 1. The van der Waals surface area contributed by atoms with Gasteiger partial charge in [-0.2, -0.15) is 0 Å². The van der Waals surface area contributed by atoms with Crippen LogP contribution in [0.1, 0.15) is 24.4 Å². The first-order chi connectivity index (χ1) is 10.7. The molecule has 0 bridgehead atoms. The largest absolute Gasteiger partial charge is 0.355 e. The molecule has 116 valence electrons. The first-order valence-corrected chi connectivity index (χ1v) is 8.13. The molecule has 0 spiro atoms. The Hall–Kier alpha value is -1.96. The molecule has 0 atom stereocenters. The standard InChI is InChI=1S/C14H16FN5OS/c15-11-3-1-10(2-4-11)7-8-16-13(21)9-22-14-17-18-19-20(14)12-5-6-12/h1-4,12H,5-9H2,(H,16,21). The zero-order chi connectivity index (χ0) is 15.4. The van der Waals surface area contributed by atoms with Crippen LogP contribution in [0, 0.1) is 5.82 Å². The minimum absolute atomic E-state index is 0.0579. The number of carbonyl (C=O) groups excluding carboxylic acids is 1. The van der Waals surface area contributed by atoms with Crippen LogP contribution in [0.2, 0.25) is 0 Å². The van der Waals surface area contributed by atoms with Crippen molar-refractivity contribution in [3.8, 4) is 0 Å². The quantitative estimate of drug-likeness (QED) is 0.784. The fourth-order valence-corrected chi connectivity index (χ4v) is 2.78. The second-order valence-electron chi connectivity index (χ2n) is 5.15. The summed E-state index contributed by atoms with van der Waals surface area (Å²) in [6.45, 7) is 0.526. The van der Waals surface area contributed by atoms with Gasteiger partial charge in [0.2, 0.25) is 11.1 Å². The topological polar surface area (TPSA) is 72.7 Å². The molecule has 2 aromatic rings. The number of nitrogens with one attached hydrogen (secondary N) is 1. The molecule has 1 amide bonds. The van der Waals surface area contributed by atoms with Crippen molar-refractivity contribution in [2.45, 2.75) is 30.5 Å². The number of aromatic nitrogens is 4. The zero-order valence-electron chi connectivity index (χ0n) is 11.9. The van der Waals surface area contributed by atoms with Gasteiger partial charge in [-0.25, -0.2) is 9.07 Å². The highest BCUT2D eigenvalue weighted by molar-refractivity contribution is 7.99. The number of hydrogen-bond donors (Lipinski definition) is 1. The third kappa shape index (κ3) is 4.03. The van der Waals surface area contributed by atoms with E-state index < -0.39 is 0 Å². The maximum atomic E-state index is 12.8. The average molecular weight is 321 g/mol. The molecule has 1 aliphatic rings. The van der Waals surface area contributed by atoms with Gasteiger partial charge in [-0.3, -0.25) is 4.79 Å². The summed E-state index contributed by atoms with van der Waals surface area (Å²) in [5.41, 5.74) is 0.993. The number of hydrogen-bond acceptors (Lipinski definition) is 5. The maximum Gasteiger partial charge on any atom is 0.230 e. The lowest BCUT2D eigenvalue weighted by atomic mass is 10.1. The van der Waals surface area contributed by atoms with Crippen LogP contribution in [0.25, 0.3) is 0 Å². The molecule has 6 nitrogen and oxygen atoms in total. The predicted octanol–water partition coefficient (Wildman–Crippen LogP) is 1.60. The van der Waals surface area contributed by atoms with Gasteiger partial charge in [0.15, 0.2) is 0 Å². The van der Waals surface area contributed by atoms with E-state index in [4.69, 9.17) is 0 Å². The molecule has 3 rings (SSSR count). The van der Waals surface area contributed by atoms with Gasteiger partial charge in [-0.15, -0.1) is 5.10 Å². The van der Waals surface area contributed by atoms with Gasteiger partial charge >= 0.3 is 0 Å². The number of tetrazole rings is 1. The molecule has 1 aromatic carbocycles. The Morgan fingerprint density at radius 1 is 1.36 bits per heavy atom. The Labute approximate surface area is 131 Å². The van der Waals surface area contributed by atoms with Crippen LogP contribution < -0.4 is 5.32 Å². The highest BCUT2D eigenvalue weighted by atomic mass is 32.2. The number of amides is 1. The van der Waals surface area contributed by atoms with Crippen molar-refractivity contribution >= 4 is 17.7 Å². The van der Waals surface area contributed by atoms with Crippen molar-refractivity contribution < 1.29 is 9.18 Å². The fraction of sp³-hybridized carbons (Fsp3) is 0.429. The number of rotatable bonds is 7. The molecule has 1 aliphatic carbocycles. The summed E-state index contributed by atoms with van der Waals surface area (Å²) in [5, 5.41) is 15.1. The summed E-state index contributed by atoms with van der Waals surface area (Å²) < 4.78 is 14.6. The lowest BCUT2D eigenvalue weighted by Crippen LogP contribution is -2.27. The van der Waals surface area contributed by atoms with E-state index in [2.05, 4.69) is 20.8 Å². The molecule has 8 heteroatoms. The second-order valence-corrected chi connectivity index (χ2v) is 6.09. The summed E-state index contributed by atoms with van der Waals surface area (Å²) in [4.78, 5) is 11.8. The number of carbonyl (C=O) groups is 1. The smallest absolute Gasteiger partial charge is 0.230 e. The Morgan fingerprint density at radius 3 is 2.86 bits per heavy atom. The van der Waals surface area contributed by atoms with Gasteiger partial charge in [-0.1, -0.05) is 23.9 Å². The van der Waals surface area contributed by atoms with E-state index in [0.717, 1.165) is 18.4 Å². The normalized spacial score (nSPS) is 14.0. The summed E-state index contributed by atoms with van der Waals surface area (Å²) in [5.74, 6) is -0.0220. The molecule has 22 heavy (non-hydrogen) atoms. The highest BCUT2D eigenvalue weighted by Crippen LogP contribution is 2.36. The molecule has 0 radical (unpaired) electrons. The monoisotopic (exact) mass is 321 g/mol. The van der Waals surface area contributed by atoms with Crippen LogP contribution >= 0.6 is 11.8 Å². The van der Waals surface area contributed by atoms with Crippen molar-refractivity contribution in [2.24, 2.45) is 0 Å². The molecule has 0 aliphatic heterocycles. The van der Waals surface area contributed by atoms with E-state index in [1.807, 2.05) is 0 Å². The molecule has 1 saturated carbocycles. The molecule has 1 fully saturated rings. The minimum Gasteiger partial charge on any atom is -0.355 e. The minimum atomic E-state index is -0.252. The van der Waals surface area contributed by atoms with E-state index in [0.29, 0.717) is 24.2 Å². The molecule has 1 aromatic heterocycles. The van der Waals surface area contributed by atoms with E-state index in [9.17, 15) is 9.18 Å². The summed E-state index contributed by atoms with van der Waals surface area (Å²) in [6, 6.07) is 6.69. The molecule has 0 unspecified atom stereocenters. The summed E-state index contributed by atoms with van der Waals surface area (Å²) in [6.07, 6.45) is 2.88. The lowest BCUT2D eigenvalue weighted by molar-refractivity contribution is -0.118. The zero-order valence-corrected chi connectivity index (χ0v) is 12.7. The van der Waals surface area contributed by atoms with Crippen molar-refractivity contribution in [3.05, 3.63) is 35.6 Å². The first-order valence-electron chi connectivity index (χ1n) is 7.14. The third-order valence-corrected chi connectivity index (χ3v) is 4.27. The van der Waals surface area contributed by atoms with Crippen LogP contribution in [-0.4, -0.2) is 38.4 Å². The van der Waals surface area contributed by atoms with E-state index in [1.54, 1.807) is 16.8 Å². The van der Waals surface area contributed by atoms with Crippen molar-refractivity contribution in [1.29, 1.82) is 0 Å². The Bertz CT molecular complexity index is 641. The first kappa shape index (κ1) is 15.0. The number of nitrogens with zero attached hydrogens (tertiary/aromatic N) is 4. The second kappa shape index (κ2) is 6.87. The van der Waals surface area contributed by atoms with Crippen molar-refractivity contribution in [1.82, 2.24) is 25.5 Å². The average Bonchev–Trinajstić information content (AvgIpc) is 3.26. The lowest BCUT2D eigenvalue weighted by Gasteiger charge is -2.05. The van der Waals surface area contributed by atoms with Crippen molar-refractivity contribution in [2.75, 3.05) is 12.3 Å². The highest BCUT2D eigenvalue weighted by Gasteiger charge is 2.28. The molecule has 0 saturated heterocycles. The summed E-state index contributed by atoms with van der Waals surface area (Å²) in [7, 11) is 0. The molecule has 1 N–H and O–H groups in total. The maximum absolute atomic E-state index is 12.8. The van der Waals surface area contributed by atoms with Crippen LogP contribution in [-0.2, 0) is 11.2 Å². The molecule has 1 heterocycles.